The van der Waals surface area contributed by atoms with Gasteiger partial charge in [-0.2, -0.15) is 0 Å². The van der Waals surface area contributed by atoms with Crippen molar-refractivity contribution in [3.63, 3.8) is 0 Å². The van der Waals surface area contributed by atoms with Crippen LogP contribution < -0.4 is 5.73 Å². The van der Waals surface area contributed by atoms with Crippen LogP contribution in [0.4, 0.5) is 0 Å². The van der Waals surface area contributed by atoms with Gasteiger partial charge in [0.05, 0.1) is 0 Å². The van der Waals surface area contributed by atoms with Crippen molar-refractivity contribution in [3.05, 3.63) is 0 Å². The molecule has 2 atom stereocenters. The molecule has 96 valence electrons. The van der Waals surface area contributed by atoms with E-state index >= 15 is 0 Å². The molecule has 0 radical (unpaired) electrons. The first-order valence-electron chi connectivity index (χ1n) is 6.64. The Balaban J connectivity index is 2.45. The number of rotatable bonds is 4. The molecule has 1 saturated carbocycles. The summed E-state index contributed by atoms with van der Waals surface area (Å²) >= 11 is 0. The van der Waals surface area contributed by atoms with Crippen LogP contribution in [0.15, 0.2) is 0 Å². The maximum Gasteiger partial charge on any atom is 0.192 e. The molecule has 16 heavy (non-hydrogen) atoms. The van der Waals surface area contributed by atoms with Gasteiger partial charge in [-0.1, -0.05) is 20.8 Å². The number of hydrogen-bond acceptors (Lipinski definition) is 2. The summed E-state index contributed by atoms with van der Waals surface area (Å²) in [5.41, 5.74) is 5.62. The zero-order valence-corrected chi connectivity index (χ0v) is 12.7. The van der Waals surface area contributed by atoms with Crippen molar-refractivity contribution in [1.82, 2.24) is 0 Å². The predicted molar refractivity (Wildman–Crippen MR) is 73.1 cm³/mol. The van der Waals surface area contributed by atoms with Gasteiger partial charge in [0.25, 0.3) is 0 Å². The predicted octanol–water partition coefficient (Wildman–Crippen LogP) is 3.53. The molecule has 0 spiro atoms. The molecule has 1 rings (SSSR count). The van der Waals surface area contributed by atoms with Crippen LogP contribution in [0.1, 0.15) is 46.5 Å². The van der Waals surface area contributed by atoms with Gasteiger partial charge in [0.15, 0.2) is 8.32 Å². The fourth-order valence-corrected chi connectivity index (χ4v) is 3.63. The normalized spacial score (nSPS) is 27.4. The largest absolute Gasteiger partial charge is 0.414 e. The molecule has 1 aliphatic carbocycles. The molecule has 2 unspecified atom stereocenters. The molecule has 0 aliphatic heterocycles. The Kier molecular flexibility index (Phi) is 4.61. The molecule has 0 aromatic carbocycles. The second-order valence-corrected chi connectivity index (χ2v) is 11.5. The highest BCUT2D eigenvalue weighted by Gasteiger charge is 2.40. The standard InChI is InChI=1S/C13H29NOSi/c1-13(2,3)16(4,5)15-12-7-6-11(10-12)8-9-14/h11-12H,6-10,14H2,1-5H3. The van der Waals surface area contributed by atoms with Gasteiger partial charge in [0, 0.05) is 6.10 Å². The summed E-state index contributed by atoms with van der Waals surface area (Å²) in [5.74, 6) is 0.819. The Bertz CT molecular complexity index is 222. The summed E-state index contributed by atoms with van der Waals surface area (Å²) < 4.78 is 6.44. The average molecular weight is 243 g/mol. The van der Waals surface area contributed by atoms with Crippen molar-refractivity contribution in [2.75, 3.05) is 6.54 Å². The average Bonchev–Trinajstić information content (AvgIpc) is 2.50. The Labute approximate surface area is 102 Å². The molecule has 0 heterocycles. The highest BCUT2D eigenvalue weighted by atomic mass is 28.4. The highest BCUT2D eigenvalue weighted by Crippen LogP contribution is 2.40. The van der Waals surface area contributed by atoms with E-state index in [1.807, 2.05) is 0 Å². The van der Waals surface area contributed by atoms with Crippen LogP contribution in [-0.4, -0.2) is 21.0 Å². The van der Waals surface area contributed by atoms with E-state index in [1.165, 1.54) is 25.7 Å². The van der Waals surface area contributed by atoms with Crippen molar-refractivity contribution in [3.8, 4) is 0 Å². The first kappa shape index (κ1) is 14.2. The van der Waals surface area contributed by atoms with Gasteiger partial charge >= 0.3 is 0 Å². The van der Waals surface area contributed by atoms with Crippen molar-refractivity contribution >= 4 is 8.32 Å². The van der Waals surface area contributed by atoms with Crippen molar-refractivity contribution in [2.45, 2.75) is 70.7 Å². The zero-order chi connectivity index (χ0) is 12.4. The summed E-state index contributed by atoms with van der Waals surface area (Å²) in [5, 5.41) is 0.332. The smallest absolute Gasteiger partial charge is 0.192 e. The Morgan fingerprint density at radius 1 is 1.25 bits per heavy atom. The lowest BCUT2D eigenvalue weighted by Crippen LogP contribution is -2.43. The molecule has 0 aromatic rings. The quantitative estimate of drug-likeness (QED) is 0.767. The lowest BCUT2D eigenvalue weighted by molar-refractivity contribution is 0.182. The summed E-state index contributed by atoms with van der Waals surface area (Å²) in [6, 6.07) is 0. The minimum atomic E-state index is -1.55. The van der Waals surface area contributed by atoms with Crippen LogP contribution in [0.25, 0.3) is 0 Å². The minimum absolute atomic E-state index is 0.332. The van der Waals surface area contributed by atoms with E-state index in [1.54, 1.807) is 0 Å². The van der Waals surface area contributed by atoms with E-state index in [4.69, 9.17) is 10.2 Å². The first-order valence-corrected chi connectivity index (χ1v) is 9.55. The summed E-state index contributed by atoms with van der Waals surface area (Å²) in [4.78, 5) is 0. The van der Waals surface area contributed by atoms with Gasteiger partial charge in [-0.15, -0.1) is 0 Å². The Hall–Kier alpha value is 0.137. The van der Waals surface area contributed by atoms with Crippen LogP contribution in [-0.2, 0) is 4.43 Å². The van der Waals surface area contributed by atoms with E-state index in [0.717, 1.165) is 12.5 Å². The maximum absolute atomic E-state index is 6.44. The summed E-state index contributed by atoms with van der Waals surface area (Å²) in [6.07, 6.45) is 5.49. The third-order valence-electron chi connectivity index (χ3n) is 4.34. The SMILES string of the molecule is CC(C)(C)[Si](C)(C)OC1CCC(CCN)C1. The third kappa shape index (κ3) is 3.57. The number of hydrogen-bond donors (Lipinski definition) is 1. The molecule has 2 nitrogen and oxygen atoms in total. The van der Waals surface area contributed by atoms with Gasteiger partial charge in [-0.3, -0.25) is 0 Å². The van der Waals surface area contributed by atoms with Crippen LogP contribution in [0, 0.1) is 5.92 Å². The van der Waals surface area contributed by atoms with Gasteiger partial charge in [0.1, 0.15) is 0 Å². The molecule has 0 bridgehead atoms. The highest BCUT2D eigenvalue weighted by molar-refractivity contribution is 6.74. The molecule has 0 saturated heterocycles. The van der Waals surface area contributed by atoms with Gasteiger partial charge in [-0.05, 0) is 56.3 Å². The van der Waals surface area contributed by atoms with E-state index in [-0.39, 0.29) is 0 Å². The molecular formula is C13H29NOSi. The maximum atomic E-state index is 6.44. The van der Waals surface area contributed by atoms with E-state index in [2.05, 4.69) is 33.9 Å². The monoisotopic (exact) mass is 243 g/mol. The van der Waals surface area contributed by atoms with Crippen molar-refractivity contribution in [2.24, 2.45) is 11.7 Å². The zero-order valence-electron chi connectivity index (χ0n) is 11.7. The summed E-state index contributed by atoms with van der Waals surface area (Å²) in [6.45, 7) is 12.5. The van der Waals surface area contributed by atoms with Gasteiger partial charge in [-0.25, -0.2) is 0 Å². The fourth-order valence-electron chi connectivity index (χ4n) is 2.23. The second-order valence-electron chi connectivity index (χ2n) is 6.76. The first-order chi connectivity index (χ1) is 7.26. The Morgan fingerprint density at radius 3 is 2.38 bits per heavy atom. The molecule has 2 N–H and O–H groups in total. The minimum Gasteiger partial charge on any atom is -0.414 e. The van der Waals surface area contributed by atoms with Crippen LogP contribution >= 0.6 is 0 Å². The summed E-state index contributed by atoms with van der Waals surface area (Å²) in [7, 11) is -1.55. The third-order valence-corrected chi connectivity index (χ3v) is 8.87. The topological polar surface area (TPSA) is 35.2 Å². The van der Waals surface area contributed by atoms with Crippen LogP contribution in [0.2, 0.25) is 18.1 Å². The number of nitrogens with two attached hydrogens (primary N) is 1. The molecule has 0 amide bonds. The van der Waals surface area contributed by atoms with Crippen molar-refractivity contribution < 1.29 is 4.43 Å². The van der Waals surface area contributed by atoms with E-state index < -0.39 is 8.32 Å². The van der Waals surface area contributed by atoms with Crippen LogP contribution in [0.5, 0.6) is 0 Å². The van der Waals surface area contributed by atoms with Crippen molar-refractivity contribution in [1.29, 1.82) is 0 Å². The molecular weight excluding hydrogens is 214 g/mol. The van der Waals surface area contributed by atoms with Crippen LogP contribution in [0.3, 0.4) is 0 Å². The Morgan fingerprint density at radius 2 is 1.88 bits per heavy atom. The molecule has 0 aromatic heterocycles. The van der Waals surface area contributed by atoms with E-state index in [0.29, 0.717) is 11.1 Å². The fraction of sp³-hybridized carbons (Fsp3) is 1.00. The molecule has 1 fully saturated rings. The molecule has 3 heteroatoms. The lowest BCUT2D eigenvalue weighted by Gasteiger charge is -2.38. The second kappa shape index (κ2) is 5.19. The van der Waals surface area contributed by atoms with E-state index in [9.17, 15) is 0 Å². The molecule has 1 aliphatic rings. The van der Waals surface area contributed by atoms with Gasteiger partial charge < -0.3 is 10.2 Å². The van der Waals surface area contributed by atoms with Gasteiger partial charge in [0.2, 0.25) is 0 Å². The lowest BCUT2D eigenvalue weighted by atomic mass is 10.0.